The molecule has 0 aliphatic rings. The number of hydrogen-bond donors (Lipinski definition) is 1. The Balaban J connectivity index is 2.52. The van der Waals surface area contributed by atoms with Gasteiger partial charge in [0.1, 0.15) is 0 Å². The van der Waals surface area contributed by atoms with Gasteiger partial charge in [-0.15, -0.1) is 0 Å². The number of rotatable bonds is 1. The Bertz CT molecular complexity index is 448. The van der Waals surface area contributed by atoms with Crippen molar-refractivity contribution in [2.75, 3.05) is 0 Å². The zero-order valence-corrected chi connectivity index (χ0v) is 7.29. The standard InChI is InChI=1S/C10H8N2O2/c13-10(14)12-9(6-7-11-12)8-4-2-1-3-5-8/h1-7H,(H,13,14). The van der Waals surface area contributed by atoms with Crippen LogP contribution in [0.25, 0.3) is 11.3 Å². The van der Waals surface area contributed by atoms with Crippen LogP contribution in [0.2, 0.25) is 0 Å². The van der Waals surface area contributed by atoms with E-state index in [2.05, 4.69) is 5.10 Å². The molecule has 0 bridgehead atoms. The Morgan fingerprint density at radius 1 is 1.21 bits per heavy atom. The summed E-state index contributed by atoms with van der Waals surface area (Å²) in [6.07, 6.45) is 0.394. The lowest BCUT2D eigenvalue weighted by Crippen LogP contribution is -2.10. The van der Waals surface area contributed by atoms with E-state index < -0.39 is 6.09 Å². The van der Waals surface area contributed by atoms with Gasteiger partial charge < -0.3 is 5.11 Å². The van der Waals surface area contributed by atoms with Gasteiger partial charge in [-0.2, -0.15) is 9.78 Å². The van der Waals surface area contributed by atoms with Crippen molar-refractivity contribution in [2.45, 2.75) is 0 Å². The molecule has 0 aliphatic heterocycles. The van der Waals surface area contributed by atoms with Crippen LogP contribution in [-0.2, 0) is 0 Å². The van der Waals surface area contributed by atoms with E-state index in [1.807, 2.05) is 30.3 Å². The van der Waals surface area contributed by atoms with Crippen LogP contribution in [-0.4, -0.2) is 21.0 Å². The maximum atomic E-state index is 10.8. The summed E-state index contributed by atoms with van der Waals surface area (Å²) in [7, 11) is 0. The Morgan fingerprint density at radius 3 is 2.57 bits per heavy atom. The van der Waals surface area contributed by atoms with Gasteiger partial charge >= 0.3 is 6.09 Å². The highest BCUT2D eigenvalue weighted by Crippen LogP contribution is 2.17. The molecule has 0 unspecified atom stereocenters. The smallest absolute Gasteiger partial charge is 0.432 e. The number of benzene rings is 1. The first kappa shape index (κ1) is 8.50. The van der Waals surface area contributed by atoms with Crippen LogP contribution < -0.4 is 0 Å². The van der Waals surface area contributed by atoms with E-state index in [-0.39, 0.29) is 0 Å². The summed E-state index contributed by atoms with van der Waals surface area (Å²) in [5, 5.41) is 12.5. The van der Waals surface area contributed by atoms with Crippen molar-refractivity contribution in [3.63, 3.8) is 0 Å². The first-order valence-electron chi connectivity index (χ1n) is 4.12. The van der Waals surface area contributed by atoms with Crippen LogP contribution in [0.4, 0.5) is 4.79 Å². The summed E-state index contributed by atoms with van der Waals surface area (Å²) >= 11 is 0. The Kier molecular flexibility index (Phi) is 2.02. The zero-order valence-electron chi connectivity index (χ0n) is 7.29. The fourth-order valence-corrected chi connectivity index (χ4v) is 1.28. The highest BCUT2D eigenvalue weighted by molar-refractivity contribution is 5.75. The average Bonchev–Trinajstić information content (AvgIpc) is 2.67. The lowest BCUT2D eigenvalue weighted by Gasteiger charge is -2.00. The summed E-state index contributed by atoms with van der Waals surface area (Å²) in [6, 6.07) is 10.9. The molecule has 0 fully saturated rings. The number of carboxylic acid groups (broad SMARTS) is 1. The molecule has 1 aromatic carbocycles. The molecule has 0 saturated carbocycles. The molecular formula is C10H8N2O2. The minimum Gasteiger partial charge on any atom is -0.463 e. The third-order valence-corrected chi connectivity index (χ3v) is 1.89. The molecule has 0 radical (unpaired) electrons. The fourth-order valence-electron chi connectivity index (χ4n) is 1.28. The minimum absolute atomic E-state index is 0.582. The lowest BCUT2D eigenvalue weighted by atomic mass is 10.1. The second-order valence-corrected chi connectivity index (χ2v) is 2.78. The van der Waals surface area contributed by atoms with Crippen LogP contribution in [0.15, 0.2) is 42.6 Å². The first-order chi connectivity index (χ1) is 6.79. The molecule has 0 atom stereocenters. The third-order valence-electron chi connectivity index (χ3n) is 1.89. The van der Waals surface area contributed by atoms with Crippen molar-refractivity contribution in [1.82, 2.24) is 9.78 Å². The van der Waals surface area contributed by atoms with Gasteiger partial charge in [0.05, 0.1) is 11.9 Å². The third kappa shape index (κ3) is 1.37. The molecule has 0 aliphatic carbocycles. The molecule has 70 valence electrons. The summed E-state index contributed by atoms with van der Waals surface area (Å²) in [5.74, 6) is 0. The monoisotopic (exact) mass is 188 g/mol. The quantitative estimate of drug-likeness (QED) is 0.745. The predicted molar refractivity (Wildman–Crippen MR) is 51.1 cm³/mol. The van der Waals surface area contributed by atoms with Gasteiger partial charge in [-0.25, -0.2) is 4.79 Å². The van der Waals surface area contributed by atoms with E-state index in [1.165, 1.54) is 6.20 Å². The Labute approximate surface area is 80.4 Å². The van der Waals surface area contributed by atoms with Crippen LogP contribution in [0.5, 0.6) is 0 Å². The van der Waals surface area contributed by atoms with Gasteiger partial charge in [-0.05, 0) is 6.07 Å². The molecule has 4 nitrogen and oxygen atoms in total. The second-order valence-electron chi connectivity index (χ2n) is 2.78. The van der Waals surface area contributed by atoms with Crippen molar-refractivity contribution >= 4 is 6.09 Å². The molecule has 14 heavy (non-hydrogen) atoms. The van der Waals surface area contributed by atoms with E-state index in [0.29, 0.717) is 5.69 Å². The molecule has 0 saturated heterocycles. The van der Waals surface area contributed by atoms with Gasteiger partial charge in [-0.1, -0.05) is 30.3 Å². The minimum atomic E-state index is -1.08. The van der Waals surface area contributed by atoms with E-state index in [4.69, 9.17) is 5.11 Å². The van der Waals surface area contributed by atoms with Crippen molar-refractivity contribution in [2.24, 2.45) is 0 Å². The number of carbonyl (C=O) groups is 1. The summed E-state index contributed by atoms with van der Waals surface area (Å²) in [6.45, 7) is 0. The SMILES string of the molecule is O=C(O)n1nccc1-c1ccccc1. The van der Waals surface area contributed by atoms with Crippen molar-refractivity contribution in [1.29, 1.82) is 0 Å². The van der Waals surface area contributed by atoms with E-state index >= 15 is 0 Å². The van der Waals surface area contributed by atoms with E-state index in [9.17, 15) is 4.79 Å². The molecule has 2 rings (SSSR count). The number of hydrogen-bond acceptors (Lipinski definition) is 2. The highest BCUT2D eigenvalue weighted by atomic mass is 16.4. The summed E-state index contributed by atoms with van der Waals surface area (Å²) < 4.78 is 0.954. The van der Waals surface area contributed by atoms with Crippen LogP contribution >= 0.6 is 0 Å². The average molecular weight is 188 g/mol. The van der Waals surface area contributed by atoms with Gasteiger partial charge in [0.2, 0.25) is 0 Å². The Morgan fingerprint density at radius 2 is 1.93 bits per heavy atom. The zero-order chi connectivity index (χ0) is 9.97. The topological polar surface area (TPSA) is 55.1 Å². The van der Waals surface area contributed by atoms with Crippen LogP contribution in [0.1, 0.15) is 0 Å². The van der Waals surface area contributed by atoms with E-state index in [0.717, 1.165) is 10.2 Å². The second kappa shape index (κ2) is 3.33. The molecule has 4 heteroatoms. The predicted octanol–water partition coefficient (Wildman–Crippen LogP) is 2.08. The maximum absolute atomic E-state index is 10.8. The molecule has 2 aromatic rings. The highest BCUT2D eigenvalue weighted by Gasteiger charge is 2.09. The van der Waals surface area contributed by atoms with Gasteiger partial charge in [0, 0.05) is 5.56 Å². The van der Waals surface area contributed by atoms with Crippen molar-refractivity contribution in [3.05, 3.63) is 42.6 Å². The van der Waals surface area contributed by atoms with Gasteiger partial charge in [-0.3, -0.25) is 0 Å². The number of nitrogens with zero attached hydrogens (tertiary/aromatic N) is 2. The van der Waals surface area contributed by atoms with Crippen molar-refractivity contribution < 1.29 is 9.90 Å². The number of aromatic nitrogens is 2. The summed E-state index contributed by atoms with van der Waals surface area (Å²) in [4.78, 5) is 10.8. The largest absolute Gasteiger partial charge is 0.463 e. The summed E-state index contributed by atoms with van der Waals surface area (Å²) in [5.41, 5.74) is 1.42. The van der Waals surface area contributed by atoms with Crippen molar-refractivity contribution in [3.8, 4) is 11.3 Å². The normalized spacial score (nSPS) is 10.0. The van der Waals surface area contributed by atoms with Crippen LogP contribution in [0, 0.1) is 0 Å². The molecule has 0 spiro atoms. The Hall–Kier alpha value is -2.10. The molecular weight excluding hydrogens is 180 g/mol. The van der Waals surface area contributed by atoms with Gasteiger partial charge in [0.25, 0.3) is 0 Å². The fraction of sp³-hybridized carbons (Fsp3) is 0. The molecule has 1 N–H and O–H groups in total. The lowest BCUT2D eigenvalue weighted by molar-refractivity contribution is 0.193. The van der Waals surface area contributed by atoms with Crippen LogP contribution in [0.3, 0.4) is 0 Å². The van der Waals surface area contributed by atoms with Gasteiger partial charge in [0.15, 0.2) is 0 Å². The maximum Gasteiger partial charge on any atom is 0.432 e. The molecule has 1 heterocycles. The molecule has 0 amide bonds. The molecule has 1 aromatic heterocycles. The van der Waals surface area contributed by atoms with E-state index in [1.54, 1.807) is 6.07 Å². The first-order valence-corrected chi connectivity index (χ1v) is 4.12.